The molecule has 1 saturated heterocycles. The van der Waals surface area contributed by atoms with Crippen LogP contribution in [0.5, 0.6) is 5.75 Å². The van der Waals surface area contributed by atoms with Crippen molar-refractivity contribution in [2.75, 3.05) is 4.90 Å². The van der Waals surface area contributed by atoms with Gasteiger partial charge in [0.05, 0.1) is 22.5 Å². The van der Waals surface area contributed by atoms with Crippen LogP contribution in [0.3, 0.4) is 0 Å². The highest BCUT2D eigenvalue weighted by molar-refractivity contribution is 8.00. The Morgan fingerprint density at radius 3 is 2.32 bits per heavy atom. The number of H-pyrrole nitrogens is 1. The minimum atomic E-state index is -0.308. The van der Waals surface area contributed by atoms with Crippen molar-refractivity contribution in [2.45, 2.75) is 29.5 Å². The number of phenols is 1. The summed E-state index contributed by atoms with van der Waals surface area (Å²) < 4.78 is 0. The Balaban J connectivity index is 1.32. The molecule has 4 aliphatic rings. The number of aromatic amines is 1. The number of phenolic OH excluding ortho intramolecular Hbond substituents is 1. The standard InChI is InChI=1S/C26H22N2O4S2/c1-11-2-6-13(7-3-11)28-24(30)19-15-10-16(20(19)25(28)31)21-18(15)17(12-4-8-14(29)9-5-12)22-23(33-21)27-26(32)34-22/h2-9,15-21,29H,10H2,1H3,(H,27,32)/t15-,16-,17?,18?,19?,20?,21?/m1/s1. The van der Waals surface area contributed by atoms with E-state index in [1.807, 2.05) is 43.3 Å². The monoisotopic (exact) mass is 490 g/mol. The molecule has 2 N–H and O–H groups in total. The maximum absolute atomic E-state index is 13.7. The summed E-state index contributed by atoms with van der Waals surface area (Å²) in [7, 11) is 0. The van der Waals surface area contributed by atoms with Crippen LogP contribution < -0.4 is 9.77 Å². The number of hydrogen-bond acceptors (Lipinski definition) is 6. The third-order valence-electron chi connectivity index (χ3n) is 8.27. The number of amides is 2. The zero-order valence-electron chi connectivity index (χ0n) is 18.3. The third kappa shape index (κ3) is 2.66. The van der Waals surface area contributed by atoms with Gasteiger partial charge in [-0.25, -0.2) is 0 Å². The number of nitrogens with one attached hydrogen (secondary N) is 1. The summed E-state index contributed by atoms with van der Waals surface area (Å²) in [6, 6.07) is 14.8. The SMILES string of the molecule is Cc1ccc(N2C(=O)C3C(C2=O)[C@@H]2C[C@H]3C3Sc4[nH]c(=O)sc4C(c4ccc(O)cc4)C32)cc1. The zero-order chi connectivity index (χ0) is 23.3. The number of nitrogens with zero attached hydrogens (tertiary/aromatic N) is 1. The molecule has 7 rings (SSSR count). The molecule has 2 amide bonds. The molecule has 0 spiro atoms. The first-order valence-corrected chi connectivity index (χ1v) is 13.2. The molecule has 2 aliphatic heterocycles. The minimum absolute atomic E-state index is 0.0296. The number of carbonyl (C=O) groups is 2. The molecular formula is C26H22N2O4S2. The van der Waals surface area contributed by atoms with Crippen LogP contribution in [-0.4, -0.2) is 27.2 Å². The van der Waals surface area contributed by atoms with Crippen LogP contribution in [0.1, 0.15) is 28.3 Å². The lowest BCUT2D eigenvalue weighted by atomic mass is 9.68. The van der Waals surface area contributed by atoms with Crippen molar-refractivity contribution in [1.82, 2.24) is 4.98 Å². The minimum Gasteiger partial charge on any atom is -0.508 e. The molecule has 2 saturated carbocycles. The number of thioether (sulfide) groups is 1. The molecule has 172 valence electrons. The summed E-state index contributed by atoms with van der Waals surface area (Å²) >= 11 is 2.93. The summed E-state index contributed by atoms with van der Waals surface area (Å²) in [5, 5.41) is 10.9. The Labute approximate surface area is 204 Å². The number of fused-ring (bicyclic) bond motifs is 9. The normalized spacial score (nSPS) is 33.2. The number of anilines is 1. The summed E-state index contributed by atoms with van der Waals surface area (Å²) in [5.41, 5.74) is 2.78. The Morgan fingerprint density at radius 2 is 1.62 bits per heavy atom. The van der Waals surface area contributed by atoms with E-state index in [1.54, 1.807) is 23.9 Å². The fourth-order valence-electron chi connectivity index (χ4n) is 7.02. The number of rotatable bonds is 2. The van der Waals surface area contributed by atoms with E-state index in [2.05, 4.69) is 4.98 Å². The van der Waals surface area contributed by atoms with Crippen LogP contribution >= 0.6 is 23.1 Å². The predicted octanol–water partition coefficient (Wildman–Crippen LogP) is 4.13. The van der Waals surface area contributed by atoms with Gasteiger partial charge in [-0.15, -0.1) is 11.8 Å². The Morgan fingerprint density at radius 1 is 0.941 bits per heavy atom. The molecule has 34 heavy (non-hydrogen) atoms. The number of aryl methyl sites for hydroxylation is 1. The molecule has 3 fully saturated rings. The van der Waals surface area contributed by atoms with Gasteiger partial charge in [0.25, 0.3) is 0 Å². The average Bonchev–Trinajstić information content (AvgIpc) is 3.54. The quantitative estimate of drug-likeness (QED) is 0.527. The van der Waals surface area contributed by atoms with Crippen LogP contribution in [0.2, 0.25) is 0 Å². The van der Waals surface area contributed by atoms with E-state index in [4.69, 9.17) is 0 Å². The second kappa shape index (κ2) is 7.09. The average molecular weight is 491 g/mol. The van der Waals surface area contributed by atoms with Gasteiger partial charge in [-0.3, -0.25) is 19.3 Å². The van der Waals surface area contributed by atoms with E-state index < -0.39 is 0 Å². The first-order valence-electron chi connectivity index (χ1n) is 11.6. The van der Waals surface area contributed by atoms with E-state index >= 15 is 0 Å². The van der Waals surface area contributed by atoms with Gasteiger partial charge in [-0.2, -0.15) is 0 Å². The topological polar surface area (TPSA) is 90.5 Å². The second-order valence-electron chi connectivity index (χ2n) is 9.90. The van der Waals surface area contributed by atoms with Gasteiger partial charge in [0.1, 0.15) is 5.75 Å². The molecule has 6 nitrogen and oxygen atoms in total. The lowest BCUT2D eigenvalue weighted by Crippen LogP contribution is -2.42. The maximum atomic E-state index is 13.7. The van der Waals surface area contributed by atoms with Crippen molar-refractivity contribution in [2.24, 2.45) is 29.6 Å². The summed E-state index contributed by atoms with van der Waals surface area (Å²) in [6.07, 6.45) is 0.866. The number of imide groups is 1. The number of carbonyl (C=O) groups excluding carboxylic acids is 2. The van der Waals surface area contributed by atoms with Gasteiger partial charge in [0, 0.05) is 16.0 Å². The summed E-state index contributed by atoms with van der Waals surface area (Å²) in [5.74, 6) is -0.226. The van der Waals surface area contributed by atoms with Crippen LogP contribution in [0, 0.1) is 36.5 Å². The molecule has 3 aromatic rings. The van der Waals surface area contributed by atoms with E-state index in [0.29, 0.717) is 5.69 Å². The fraction of sp³-hybridized carbons (Fsp3) is 0.346. The van der Waals surface area contributed by atoms with Crippen LogP contribution in [0.15, 0.2) is 58.4 Å². The Bertz CT molecular complexity index is 1390. The third-order valence-corrected chi connectivity index (χ3v) is 10.9. The van der Waals surface area contributed by atoms with Gasteiger partial charge in [0.2, 0.25) is 11.8 Å². The van der Waals surface area contributed by atoms with Gasteiger partial charge in [-0.1, -0.05) is 41.2 Å². The molecule has 1 aromatic heterocycles. The van der Waals surface area contributed by atoms with Crippen LogP contribution in [-0.2, 0) is 9.59 Å². The van der Waals surface area contributed by atoms with E-state index in [0.717, 1.165) is 27.5 Å². The smallest absolute Gasteiger partial charge is 0.305 e. The largest absolute Gasteiger partial charge is 0.508 e. The Kier molecular flexibility index (Phi) is 4.28. The molecule has 7 atom stereocenters. The van der Waals surface area contributed by atoms with Gasteiger partial charge in [-0.05, 0) is 60.9 Å². The van der Waals surface area contributed by atoms with Crippen molar-refractivity contribution in [3.05, 3.63) is 74.2 Å². The predicted molar refractivity (Wildman–Crippen MR) is 130 cm³/mol. The summed E-state index contributed by atoms with van der Waals surface area (Å²) in [6.45, 7) is 1.99. The lowest BCUT2D eigenvalue weighted by Gasteiger charge is -2.43. The molecule has 2 bridgehead atoms. The van der Waals surface area contributed by atoms with Crippen molar-refractivity contribution in [3.8, 4) is 5.75 Å². The van der Waals surface area contributed by atoms with Gasteiger partial charge >= 0.3 is 4.87 Å². The maximum Gasteiger partial charge on any atom is 0.305 e. The van der Waals surface area contributed by atoms with Crippen molar-refractivity contribution < 1.29 is 14.7 Å². The van der Waals surface area contributed by atoms with E-state index in [9.17, 15) is 19.5 Å². The zero-order valence-corrected chi connectivity index (χ0v) is 19.9. The van der Waals surface area contributed by atoms with Crippen molar-refractivity contribution in [1.29, 1.82) is 0 Å². The highest BCUT2D eigenvalue weighted by Crippen LogP contribution is 2.68. The highest BCUT2D eigenvalue weighted by Gasteiger charge is 2.69. The molecule has 5 unspecified atom stereocenters. The van der Waals surface area contributed by atoms with Crippen LogP contribution in [0.4, 0.5) is 5.69 Å². The lowest BCUT2D eigenvalue weighted by molar-refractivity contribution is -0.123. The molecule has 2 aromatic carbocycles. The molecule has 8 heteroatoms. The summed E-state index contributed by atoms with van der Waals surface area (Å²) in [4.78, 5) is 45.0. The first-order chi connectivity index (χ1) is 16.4. The van der Waals surface area contributed by atoms with Crippen molar-refractivity contribution in [3.63, 3.8) is 0 Å². The molecule has 2 aliphatic carbocycles. The number of benzene rings is 2. The van der Waals surface area contributed by atoms with Crippen molar-refractivity contribution >= 4 is 40.6 Å². The molecule has 3 heterocycles. The number of aromatic nitrogens is 1. The molecular weight excluding hydrogens is 468 g/mol. The van der Waals surface area contributed by atoms with Crippen LogP contribution in [0.25, 0.3) is 0 Å². The Hall–Kier alpha value is -2.84. The highest BCUT2D eigenvalue weighted by atomic mass is 32.2. The second-order valence-corrected chi connectivity index (χ2v) is 12.1. The molecule has 0 radical (unpaired) electrons. The van der Waals surface area contributed by atoms with E-state index in [1.165, 1.54) is 16.2 Å². The van der Waals surface area contributed by atoms with Gasteiger partial charge in [0.15, 0.2) is 0 Å². The van der Waals surface area contributed by atoms with E-state index in [-0.39, 0.29) is 63.2 Å². The number of thiazole rings is 1. The van der Waals surface area contributed by atoms with Gasteiger partial charge < -0.3 is 10.1 Å². The number of aromatic hydroxyl groups is 1. The first kappa shape index (κ1) is 20.5. The number of hydrogen-bond donors (Lipinski definition) is 2. The fourth-order valence-corrected chi connectivity index (χ4v) is 9.91.